The standard InChI is InChI=1S/C51H36/c1-51(2)47-29-27-37(32-46(47)45-28-26-34-16-6-7-21-40(34)50(45)51)36-18-13-20-39(31-36)49-43-24-10-8-22-41(43)48(42-23-9-11-25-44(42)49)38-19-12-17-35(30-38)33-14-4-3-5-15-33/h3-32H,1-2H3. The smallest absolute Gasteiger partial charge is 0.0165 e. The molecule has 1 aliphatic rings. The number of benzene rings is 9. The molecule has 0 aromatic heterocycles. The Morgan fingerprint density at radius 3 is 1.39 bits per heavy atom. The Hall–Kier alpha value is -6.24. The van der Waals surface area contributed by atoms with Gasteiger partial charge in [0.15, 0.2) is 0 Å². The maximum Gasteiger partial charge on any atom is 0.0165 e. The highest BCUT2D eigenvalue weighted by Crippen LogP contribution is 2.52. The van der Waals surface area contributed by atoms with Gasteiger partial charge in [-0.15, -0.1) is 0 Å². The minimum Gasteiger partial charge on any atom is -0.0622 e. The van der Waals surface area contributed by atoms with Crippen molar-refractivity contribution in [3.05, 3.63) is 193 Å². The molecule has 0 heteroatoms. The van der Waals surface area contributed by atoms with Crippen LogP contribution in [0.4, 0.5) is 0 Å². The van der Waals surface area contributed by atoms with Gasteiger partial charge in [0.25, 0.3) is 0 Å². The van der Waals surface area contributed by atoms with E-state index in [1.807, 2.05) is 0 Å². The molecule has 0 aliphatic heterocycles. The van der Waals surface area contributed by atoms with E-state index in [0.29, 0.717) is 0 Å². The molecule has 51 heavy (non-hydrogen) atoms. The van der Waals surface area contributed by atoms with Crippen molar-refractivity contribution in [1.29, 1.82) is 0 Å². The van der Waals surface area contributed by atoms with E-state index in [9.17, 15) is 0 Å². The first-order valence-electron chi connectivity index (χ1n) is 17.9. The van der Waals surface area contributed by atoms with Crippen LogP contribution in [0, 0.1) is 0 Å². The molecule has 0 bridgehead atoms. The summed E-state index contributed by atoms with van der Waals surface area (Å²) in [5, 5.41) is 7.74. The van der Waals surface area contributed by atoms with Gasteiger partial charge in [0, 0.05) is 5.41 Å². The van der Waals surface area contributed by atoms with Gasteiger partial charge in [-0.05, 0) is 117 Å². The van der Waals surface area contributed by atoms with Gasteiger partial charge in [0.05, 0.1) is 0 Å². The normalized spacial score (nSPS) is 13.1. The van der Waals surface area contributed by atoms with Crippen LogP contribution in [0.5, 0.6) is 0 Å². The fraction of sp³-hybridized carbons (Fsp3) is 0.0588. The number of hydrogen-bond donors (Lipinski definition) is 0. The third-order valence-corrected chi connectivity index (χ3v) is 11.2. The molecule has 0 nitrogen and oxygen atoms in total. The molecule has 240 valence electrons. The van der Waals surface area contributed by atoms with Crippen LogP contribution in [0.15, 0.2) is 182 Å². The largest absolute Gasteiger partial charge is 0.0622 e. The second-order valence-corrected chi connectivity index (χ2v) is 14.5. The van der Waals surface area contributed by atoms with E-state index >= 15 is 0 Å². The summed E-state index contributed by atoms with van der Waals surface area (Å²) in [6, 6.07) is 67.3. The zero-order valence-corrected chi connectivity index (χ0v) is 28.8. The molecule has 0 radical (unpaired) electrons. The summed E-state index contributed by atoms with van der Waals surface area (Å²) in [5.41, 5.74) is 15.5. The van der Waals surface area contributed by atoms with E-state index in [1.165, 1.54) is 99.1 Å². The van der Waals surface area contributed by atoms with Gasteiger partial charge in [-0.25, -0.2) is 0 Å². The average molecular weight is 649 g/mol. The van der Waals surface area contributed by atoms with Crippen molar-refractivity contribution in [2.45, 2.75) is 19.3 Å². The molecular weight excluding hydrogens is 613 g/mol. The Labute approximate surface area is 299 Å². The first-order chi connectivity index (χ1) is 25.1. The van der Waals surface area contributed by atoms with Crippen molar-refractivity contribution >= 4 is 32.3 Å². The van der Waals surface area contributed by atoms with Gasteiger partial charge in [0.1, 0.15) is 0 Å². The molecule has 0 unspecified atom stereocenters. The fourth-order valence-electron chi connectivity index (χ4n) is 8.89. The SMILES string of the molecule is CC1(C)c2ccc(-c3cccc(-c4c5ccccc5c(-c5cccc(-c6ccccc6)c5)c5ccccc45)c3)cc2-c2ccc3ccccc3c21. The van der Waals surface area contributed by atoms with Crippen LogP contribution in [0.3, 0.4) is 0 Å². The molecule has 0 atom stereocenters. The topological polar surface area (TPSA) is 0 Å². The van der Waals surface area contributed by atoms with E-state index in [1.54, 1.807) is 0 Å². The Balaban J connectivity index is 1.15. The predicted octanol–water partition coefficient (Wildman–Crippen LogP) is 14.1. The molecule has 9 aromatic rings. The Kier molecular flexibility index (Phi) is 6.63. The van der Waals surface area contributed by atoms with Gasteiger partial charge >= 0.3 is 0 Å². The van der Waals surface area contributed by atoms with Gasteiger partial charge in [-0.2, -0.15) is 0 Å². The molecule has 0 spiro atoms. The highest BCUT2D eigenvalue weighted by molar-refractivity contribution is 6.21. The minimum atomic E-state index is -0.0634. The maximum atomic E-state index is 2.43. The molecule has 1 aliphatic carbocycles. The summed E-state index contributed by atoms with van der Waals surface area (Å²) >= 11 is 0. The van der Waals surface area contributed by atoms with E-state index in [0.717, 1.165) is 0 Å². The lowest BCUT2D eigenvalue weighted by atomic mass is 9.80. The third-order valence-electron chi connectivity index (χ3n) is 11.2. The van der Waals surface area contributed by atoms with E-state index in [2.05, 4.69) is 196 Å². The van der Waals surface area contributed by atoms with E-state index in [4.69, 9.17) is 0 Å². The summed E-state index contributed by atoms with van der Waals surface area (Å²) in [4.78, 5) is 0. The lowest BCUT2D eigenvalue weighted by Gasteiger charge is -2.23. The van der Waals surface area contributed by atoms with Crippen LogP contribution in [0.25, 0.3) is 88.0 Å². The molecule has 0 N–H and O–H groups in total. The van der Waals surface area contributed by atoms with Crippen LogP contribution in [-0.2, 0) is 5.41 Å². The Bertz CT molecular complexity index is 2760. The lowest BCUT2D eigenvalue weighted by Crippen LogP contribution is -2.15. The van der Waals surface area contributed by atoms with Crippen LogP contribution >= 0.6 is 0 Å². The van der Waals surface area contributed by atoms with Gasteiger partial charge in [0.2, 0.25) is 0 Å². The molecule has 0 fully saturated rings. The van der Waals surface area contributed by atoms with Gasteiger partial charge in [-0.1, -0.05) is 178 Å². The summed E-state index contributed by atoms with van der Waals surface area (Å²) in [6.07, 6.45) is 0. The molecular formula is C51H36. The number of hydrogen-bond acceptors (Lipinski definition) is 0. The molecule has 9 aromatic carbocycles. The van der Waals surface area contributed by atoms with Crippen molar-refractivity contribution in [3.8, 4) is 55.6 Å². The van der Waals surface area contributed by atoms with Crippen molar-refractivity contribution in [3.63, 3.8) is 0 Å². The monoisotopic (exact) mass is 648 g/mol. The zero-order chi connectivity index (χ0) is 34.1. The quantitative estimate of drug-likeness (QED) is 0.167. The molecule has 0 saturated carbocycles. The predicted molar refractivity (Wildman–Crippen MR) is 218 cm³/mol. The summed E-state index contributed by atoms with van der Waals surface area (Å²) in [6.45, 7) is 4.75. The first kappa shape index (κ1) is 29.7. The van der Waals surface area contributed by atoms with Gasteiger partial charge < -0.3 is 0 Å². The summed E-state index contributed by atoms with van der Waals surface area (Å²) < 4.78 is 0. The highest BCUT2D eigenvalue weighted by atomic mass is 14.4. The molecule has 0 saturated heterocycles. The second kappa shape index (κ2) is 11.4. The van der Waals surface area contributed by atoms with Gasteiger partial charge in [-0.3, -0.25) is 0 Å². The van der Waals surface area contributed by atoms with Crippen molar-refractivity contribution in [2.75, 3.05) is 0 Å². The zero-order valence-electron chi connectivity index (χ0n) is 28.8. The molecule has 0 heterocycles. The van der Waals surface area contributed by atoms with Crippen molar-refractivity contribution in [2.24, 2.45) is 0 Å². The van der Waals surface area contributed by atoms with Crippen LogP contribution in [-0.4, -0.2) is 0 Å². The lowest BCUT2D eigenvalue weighted by molar-refractivity contribution is 0.666. The summed E-state index contributed by atoms with van der Waals surface area (Å²) in [5.74, 6) is 0. The van der Waals surface area contributed by atoms with Crippen molar-refractivity contribution in [1.82, 2.24) is 0 Å². The molecule has 10 rings (SSSR count). The summed E-state index contributed by atoms with van der Waals surface area (Å²) in [7, 11) is 0. The third kappa shape index (κ3) is 4.60. The van der Waals surface area contributed by atoms with Crippen LogP contribution in [0.2, 0.25) is 0 Å². The minimum absolute atomic E-state index is 0.0634. The van der Waals surface area contributed by atoms with Crippen LogP contribution < -0.4 is 0 Å². The number of fused-ring (bicyclic) bond motifs is 7. The van der Waals surface area contributed by atoms with Crippen molar-refractivity contribution < 1.29 is 0 Å². The second-order valence-electron chi connectivity index (χ2n) is 14.5. The van der Waals surface area contributed by atoms with E-state index in [-0.39, 0.29) is 5.41 Å². The first-order valence-corrected chi connectivity index (χ1v) is 17.9. The number of rotatable bonds is 4. The average Bonchev–Trinajstić information content (AvgIpc) is 3.43. The van der Waals surface area contributed by atoms with Crippen LogP contribution in [0.1, 0.15) is 25.0 Å². The maximum absolute atomic E-state index is 2.43. The Morgan fingerprint density at radius 1 is 0.314 bits per heavy atom. The molecule has 0 amide bonds. The Morgan fingerprint density at radius 2 is 0.784 bits per heavy atom. The van der Waals surface area contributed by atoms with E-state index < -0.39 is 0 Å². The fourth-order valence-corrected chi connectivity index (χ4v) is 8.89. The highest BCUT2D eigenvalue weighted by Gasteiger charge is 2.37.